The van der Waals surface area contributed by atoms with Crippen LogP contribution in [-0.2, 0) is 20.7 Å². The molecule has 0 spiro atoms. The Hall–Kier alpha value is -2.31. The van der Waals surface area contributed by atoms with Crippen LogP contribution in [0.25, 0.3) is 0 Å². The molecule has 2 aromatic carbocycles. The molecule has 1 N–H and O–H groups in total. The van der Waals surface area contributed by atoms with Crippen molar-refractivity contribution in [1.82, 2.24) is 5.32 Å². The van der Waals surface area contributed by atoms with Crippen molar-refractivity contribution in [3.05, 3.63) is 65.7 Å². The standard InChI is InChI=1S/C24H32BNO4/c1-17(2)21(26-22(27)28-16-18-10-8-7-9-11-18)19-12-14-20(15-13-19)25-29-23(3,4)24(5,6)30-25/h7-15,17,21H,16H2,1-6H3,(H,26,27). The third-order valence-electron chi connectivity index (χ3n) is 5.97. The summed E-state index contributed by atoms with van der Waals surface area (Å²) >= 11 is 0. The molecule has 30 heavy (non-hydrogen) atoms. The number of rotatable bonds is 6. The topological polar surface area (TPSA) is 56.8 Å². The maximum atomic E-state index is 12.4. The van der Waals surface area contributed by atoms with Gasteiger partial charge in [0.1, 0.15) is 6.61 Å². The molecule has 3 rings (SSSR count). The zero-order valence-corrected chi connectivity index (χ0v) is 18.8. The molecule has 1 unspecified atom stereocenters. The number of ether oxygens (including phenoxy) is 1. The second-order valence-corrected chi connectivity index (χ2v) is 9.18. The van der Waals surface area contributed by atoms with E-state index in [2.05, 4.69) is 19.2 Å². The fourth-order valence-electron chi connectivity index (χ4n) is 3.37. The molecule has 6 heteroatoms. The zero-order chi connectivity index (χ0) is 21.9. The van der Waals surface area contributed by atoms with Crippen molar-refractivity contribution in [2.45, 2.75) is 65.4 Å². The van der Waals surface area contributed by atoms with Crippen molar-refractivity contribution in [2.75, 3.05) is 0 Å². The average Bonchev–Trinajstić information content (AvgIpc) is 2.92. The molecule has 1 amide bonds. The minimum Gasteiger partial charge on any atom is -0.445 e. The van der Waals surface area contributed by atoms with Gasteiger partial charge in [0, 0.05) is 0 Å². The van der Waals surface area contributed by atoms with Gasteiger partial charge in [-0.2, -0.15) is 0 Å². The number of carbonyl (C=O) groups excluding carboxylic acids is 1. The fraction of sp³-hybridized carbons (Fsp3) is 0.458. The van der Waals surface area contributed by atoms with Gasteiger partial charge in [0.2, 0.25) is 0 Å². The predicted molar refractivity (Wildman–Crippen MR) is 119 cm³/mol. The summed E-state index contributed by atoms with van der Waals surface area (Å²) in [5.41, 5.74) is 2.19. The van der Waals surface area contributed by atoms with Crippen LogP contribution in [0.5, 0.6) is 0 Å². The minimum absolute atomic E-state index is 0.152. The summed E-state index contributed by atoms with van der Waals surface area (Å²) in [6, 6.07) is 17.5. The Bertz CT molecular complexity index is 833. The van der Waals surface area contributed by atoms with E-state index in [4.69, 9.17) is 14.0 Å². The maximum absolute atomic E-state index is 12.4. The van der Waals surface area contributed by atoms with Gasteiger partial charge < -0.3 is 19.4 Å². The first-order valence-electron chi connectivity index (χ1n) is 10.5. The van der Waals surface area contributed by atoms with Crippen LogP contribution in [0.15, 0.2) is 54.6 Å². The second kappa shape index (κ2) is 8.82. The van der Waals surface area contributed by atoms with Crippen molar-refractivity contribution in [3.63, 3.8) is 0 Å². The van der Waals surface area contributed by atoms with Crippen LogP contribution in [0, 0.1) is 5.92 Å². The number of alkyl carbamates (subject to hydrolysis) is 1. The van der Waals surface area contributed by atoms with Crippen LogP contribution in [-0.4, -0.2) is 24.4 Å². The van der Waals surface area contributed by atoms with Gasteiger partial charge in [-0.3, -0.25) is 0 Å². The highest BCUT2D eigenvalue weighted by Crippen LogP contribution is 2.36. The molecule has 1 aliphatic rings. The van der Waals surface area contributed by atoms with E-state index in [1.165, 1.54) is 0 Å². The van der Waals surface area contributed by atoms with E-state index in [0.29, 0.717) is 0 Å². The van der Waals surface area contributed by atoms with E-state index in [-0.39, 0.29) is 29.8 Å². The highest BCUT2D eigenvalue weighted by molar-refractivity contribution is 6.62. The van der Waals surface area contributed by atoms with Gasteiger partial charge in [-0.15, -0.1) is 0 Å². The Kier molecular flexibility index (Phi) is 6.58. The lowest BCUT2D eigenvalue weighted by Gasteiger charge is -2.32. The first-order chi connectivity index (χ1) is 14.1. The number of benzene rings is 2. The molecule has 2 aromatic rings. The fourth-order valence-corrected chi connectivity index (χ4v) is 3.37. The van der Waals surface area contributed by atoms with E-state index in [1.807, 2.05) is 82.3 Å². The molecule has 0 aliphatic carbocycles. The van der Waals surface area contributed by atoms with E-state index in [1.54, 1.807) is 0 Å². The summed E-state index contributed by atoms with van der Waals surface area (Å²) in [7, 11) is -0.398. The molecule has 0 saturated carbocycles. The first-order valence-corrected chi connectivity index (χ1v) is 10.5. The summed E-state index contributed by atoms with van der Waals surface area (Å²) in [6.45, 7) is 12.6. The van der Waals surface area contributed by atoms with Gasteiger partial charge in [-0.05, 0) is 50.2 Å². The average molecular weight is 409 g/mol. The Morgan fingerprint density at radius 3 is 2.07 bits per heavy atom. The van der Waals surface area contributed by atoms with Crippen molar-refractivity contribution in [1.29, 1.82) is 0 Å². The van der Waals surface area contributed by atoms with Gasteiger partial charge in [0.15, 0.2) is 0 Å². The second-order valence-electron chi connectivity index (χ2n) is 9.18. The molecular formula is C24H32BNO4. The predicted octanol–water partition coefficient (Wildman–Crippen LogP) is 4.61. The highest BCUT2D eigenvalue weighted by Gasteiger charge is 2.51. The van der Waals surface area contributed by atoms with Crippen molar-refractivity contribution in [2.24, 2.45) is 5.92 Å². The van der Waals surface area contributed by atoms with E-state index >= 15 is 0 Å². The summed E-state index contributed by atoms with van der Waals surface area (Å²) in [5.74, 6) is 0.206. The monoisotopic (exact) mass is 409 g/mol. The van der Waals surface area contributed by atoms with Crippen LogP contribution in [0.4, 0.5) is 4.79 Å². The summed E-state index contributed by atoms with van der Waals surface area (Å²) in [4.78, 5) is 12.4. The lowest BCUT2D eigenvalue weighted by molar-refractivity contribution is 0.00578. The lowest BCUT2D eigenvalue weighted by Crippen LogP contribution is -2.41. The number of hydrogen-bond acceptors (Lipinski definition) is 4. The molecule has 5 nitrogen and oxygen atoms in total. The molecule has 0 aromatic heterocycles. The Labute approximate surface area is 180 Å². The molecule has 0 bridgehead atoms. The molecule has 1 atom stereocenters. The van der Waals surface area contributed by atoms with Crippen LogP contribution in [0.2, 0.25) is 0 Å². The molecule has 1 aliphatic heterocycles. The summed E-state index contributed by atoms with van der Waals surface area (Å²) < 4.78 is 17.6. The van der Waals surface area contributed by atoms with Crippen LogP contribution >= 0.6 is 0 Å². The lowest BCUT2D eigenvalue weighted by atomic mass is 9.78. The normalized spacial score (nSPS) is 18.3. The largest absolute Gasteiger partial charge is 0.494 e. The van der Waals surface area contributed by atoms with Gasteiger partial charge in [0.05, 0.1) is 17.2 Å². The van der Waals surface area contributed by atoms with Crippen molar-refractivity contribution < 1.29 is 18.8 Å². The SMILES string of the molecule is CC(C)C(NC(=O)OCc1ccccc1)c1ccc(B2OC(C)(C)C(C)(C)O2)cc1. The Morgan fingerprint density at radius 1 is 0.967 bits per heavy atom. The Balaban J connectivity index is 1.64. The number of carbonyl (C=O) groups is 1. The van der Waals surface area contributed by atoms with E-state index in [0.717, 1.165) is 16.6 Å². The van der Waals surface area contributed by atoms with Crippen LogP contribution in [0.3, 0.4) is 0 Å². The first kappa shape index (κ1) is 22.4. The zero-order valence-electron chi connectivity index (χ0n) is 18.8. The van der Waals surface area contributed by atoms with Gasteiger partial charge in [-0.1, -0.05) is 68.4 Å². The molecule has 1 saturated heterocycles. The maximum Gasteiger partial charge on any atom is 0.494 e. The molecule has 1 fully saturated rings. The third kappa shape index (κ3) is 5.05. The molecular weight excluding hydrogens is 377 g/mol. The van der Waals surface area contributed by atoms with Crippen LogP contribution < -0.4 is 10.8 Å². The smallest absolute Gasteiger partial charge is 0.445 e. The van der Waals surface area contributed by atoms with Gasteiger partial charge >= 0.3 is 13.2 Å². The van der Waals surface area contributed by atoms with Crippen molar-refractivity contribution >= 4 is 18.7 Å². The Morgan fingerprint density at radius 2 is 1.53 bits per heavy atom. The van der Waals surface area contributed by atoms with E-state index in [9.17, 15) is 4.79 Å². The quantitative estimate of drug-likeness (QED) is 0.708. The molecule has 160 valence electrons. The van der Waals surface area contributed by atoms with E-state index < -0.39 is 13.2 Å². The number of amides is 1. The third-order valence-corrected chi connectivity index (χ3v) is 5.97. The molecule has 1 heterocycles. The summed E-state index contributed by atoms with van der Waals surface area (Å²) in [6.07, 6.45) is -0.424. The minimum atomic E-state index is -0.424. The summed E-state index contributed by atoms with van der Waals surface area (Å²) in [5, 5.41) is 2.99. The van der Waals surface area contributed by atoms with Crippen molar-refractivity contribution in [3.8, 4) is 0 Å². The van der Waals surface area contributed by atoms with Gasteiger partial charge in [-0.25, -0.2) is 4.79 Å². The highest BCUT2D eigenvalue weighted by atomic mass is 16.7. The molecule has 0 radical (unpaired) electrons. The van der Waals surface area contributed by atoms with Crippen LogP contribution in [0.1, 0.15) is 58.7 Å². The van der Waals surface area contributed by atoms with Gasteiger partial charge in [0.25, 0.3) is 0 Å². The number of nitrogens with one attached hydrogen (secondary N) is 1. The number of hydrogen-bond donors (Lipinski definition) is 1.